The van der Waals surface area contributed by atoms with Gasteiger partial charge in [0.15, 0.2) is 5.78 Å². The number of methoxy groups -OCH3 is 2. The largest absolute Gasteiger partial charge is 0.542 e. The molecule has 0 aliphatic rings. The normalized spacial score (nSPS) is 12.0. The van der Waals surface area contributed by atoms with Crippen molar-refractivity contribution in [2.75, 3.05) is 14.2 Å². The van der Waals surface area contributed by atoms with Crippen LogP contribution < -0.4 is 4.43 Å². The fourth-order valence-electron chi connectivity index (χ4n) is 1.65. The van der Waals surface area contributed by atoms with Gasteiger partial charge in [0, 0.05) is 20.6 Å². The molecule has 0 amide bonds. The Hall–Kier alpha value is -1.17. The first kappa shape index (κ1) is 17.9. The van der Waals surface area contributed by atoms with Gasteiger partial charge >= 0.3 is 0 Å². The smallest absolute Gasteiger partial charge is 0.283 e. The molecule has 0 aromatic heterocycles. The maximum atomic E-state index is 11.9. The Morgan fingerprint density at radius 2 is 1.67 bits per heavy atom. The maximum absolute atomic E-state index is 11.9. The molecule has 21 heavy (non-hydrogen) atoms. The average molecular weight is 309 g/mol. The van der Waals surface area contributed by atoms with Crippen LogP contribution in [0, 0.1) is 0 Å². The molecule has 0 spiro atoms. The molecule has 0 N–H and O–H groups in total. The minimum absolute atomic E-state index is 0.0939. The number of benzene rings is 1. The Labute approximate surface area is 129 Å². The Balaban J connectivity index is 2.64. The molecule has 5 heteroatoms. The van der Waals surface area contributed by atoms with E-state index in [2.05, 4.69) is 27.3 Å². The number of hydrogen-bond donors (Lipinski definition) is 0. The Bertz CT molecular complexity index is 446. The number of ketones is 1. The second-order valence-electron chi connectivity index (χ2n) is 6.00. The van der Waals surface area contributed by atoms with E-state index in [0.29, 0.717) is 0 Å². The molecule has 1 aromatic carbocycles. The van der Waals surface area contributed by atoms with E-state index in [1.807, 2.05) is 24.3 Å². The molecule has 0 unspecified atom stereocenters. The number of ether oxygens (including phenoxy) is 2. The third-order valence-corrected chi connectivity index (χ3v) is 5.97. The molecule has 1 radical (unpaired) electrons. The van der Waals surface area contributed by atoms with Gasteiger partial charge in [0.25, 0.3) is 9.04 Å². The van der Waals surface area contributed by atoms with Gasteiger partial charge in [-0.25, -0.2) is 0 Å². The van der Waals surface area contributed by atoms with Gasteiger partial charge in [-0.05, 0) is 29.3 Å². The lowest BCUT2D eigenvalue weighted by molar-refractivity contribution is -0.155. The third kappa shape index (κ3) is 5.61. The Kier molecular flexibility index (Phi) is 6.58. The highest BCUT2D eigenvalue weighted by molar-refractivity contribution is 6.54. The van der Waals surface area contributed by atoms with Crippen LogP contribution in [0.1, 0.15) is 26.3 Å². The fourth-order valence-corrected chi connectivity index (χ4v) is 2.44. The van der Waals surface area contributed by atoms with Gasteiger partial charge in [0.1, 0.15) is 5.75 Å². The van der Waals surface area contributed by atoms with Crippen LogP contribution in [0.5, 0.6) is 5.75 Å². The monoisotopic (exact) mass is 309 g/mol. The lowest BCUT2D eigenvalue weighted by Gasteiger charge is -2.25. The van der Waals surface area contributed by atoms with Crippen molar-refractivity contribution in [1.29, 1.82) is 0 Å². The zero-order valence-electron chi connectivity index (χ0n) is 13.7. The lowest BCUT2D eigenvalue weighted by Crippen LogP contribution is -2.28. The summed E-state index contributed by atoms with van der Waals surface area (Å²) in [7, 11) is 2.00. The van der Waals surface area contributed by atoms with E-state index in [9.17, 15) is 4.79 Å². The zero-order valence-corrected chi connectivity index (χ0v) is 14.7. The molecule has 0 aliphatic heterocycles. The van der Waals surface area contributed by atoms with Crippen LogP contribution in [0.2, 0.25) is 11.6 Å². The van der Waals surface area contributed by atoms with Crippen LogP contribution in [0.25, 0.3) is 0 Å². The second kappa shape index (κ2) is 7.73. The fraction of sp³-hybridized carbons (Fsp3) is 0.562. The van der Waals surface area contributed by atoms with Crippen LogP contribution in [0.15, 0.2) is 24.3 Å². The number of rotatable bonds is 7. The first-order chi connectivity index (χ1) is 9.77. The highest BCUT2D eigenvalue weighted by Gasteiger charge is 2.26. The summed E-state index contributed by atoms with van der Waals surface area (Å²) in [5.41, 5.74) is 0.923. The van der Waals surface area contributed by atoms with E-state index < -0.39 is 15.3 Å². The molecule has 1 rings (SSSR count). The highest BCUT2D eigenvalue weighted by atomic mass is 28.3. The topological polar surface area (TPSA) is 44.8 Å². The van der Waals surface area contributed by atoms with E-state index in [-0.39, 0.29) is 17.2 Å². The van der Waals surface area contributed by atoms with E-state index in [0.717, 1.165) is 11.3 Å². The number of Topliss-reactive ketones (excluding diaryl/α,β-unsaturated/α-hetero) is 1. The van der Waals surface area contributed by atoms with Crippen molar-refractivity contribution in [2.24, 2.45) is 0 Å². The van der Waals surface area contributed by atoms with Crippen LogP contribution >= 0.6 is 0 Å². The predicted octanol–water partition coefficient (Wildman–Crippen LogP) is 3.22. The molecule has 117 valence electrons. The second-order valence-corrected chi connectivity index (χ2v) is 8.82. The first-order valence-corrected chi connectivity index (χ1v) is 8.88. The molecule has 0 saturated heterocycles. The van der Waals surface area contributed by atoms with E-state index in [1.54, 1.807) is 0 Å². The van der Waals surface area contributed by atoms with Gasteiger partial charge in [-0.3, -0.25) is 4.79 Å². The molecule has 0 atom stereocenters. The Morgan fingerprint density at radius 3 is 2.10 bits per heavy atom. The van der Waals surface area contributed by atoms with E-state index in [4.69, 9.17) is 13.9 Å². The first-order valence-electron chi connectivity index (χ1n) is 6.97. The minimum Gasteiger partial charge on any atom is -0.542 e. The van der Waals surface area contributed by atoms with Crippen molar-refractivity contribution < 1.29 is 18.7 Å². The molecule has 0 aliphatic carbocycles. The minimum atomic E-state index is -0.921. The van der Waals surface area contributed by atoms with Crippen LogP contribution in [0.3, 0.4) is 0 Å². The van der Waals surface area contributed by atoms with Crippen molar-refractivity contribution in [3.05, 3.63) is 29.8 Å². The molecule has 0 heterocycles. The standard InChI is InChI=1S/C16H25O4Si/c1-16(2,3)21(6)20-13-9-7-12(8-10-13)11-14(17)15(18-4)19-5/h7-10,15H,11H2,1-6H3. The number of carbonyl (C=O) groups excluding carboxylic acids is 1. The summed E-state index contributed by atoms with van der Waals surface area (Å²) in [6.07, 6.45) is -0.511. The molecular formula is C16H25O4Si. The molecule has 0 fully saturated rings. The number of carbonyl (C=O) groups is 1. The molecule has 0 saturated carbocycles. The van der Waals surface area contributed by atoms with Gasteiger partial charge in [0.05, 0.1) is 0 Å². The molecule has 4 nitrogen and oxygen atoms in total. The van der Waals surface area contributed by atoms with Crippen molar-refractivity contribution in [1.82, 2.24) is 0 Å². The summed E-state index contributed by atoms with van der Waals surface area (Å²) in [6.45, 7) is 8.71. The van der Waals surface area contributed by atoms with E-state index in [1.165, 1.54) is 14.2 Å². The average Bonchev–Trinajstić information content (AvgIpc) is 2.41. The SMILES string of the molecule is COC(OC)C(=O)Cc1ccc(O[Si](C)C(C)(C)C)cc1. The summed E-state index contributed by atoms with van der Waals surface area (Å²) >= 11 is 0. The van der Waals surface area contributed by atoms with Gasteiger partial charge in [-0.15, -0.1) is 0 Å². The quantitative estimate of drug-likeness (QED) is 0.573. The van der Waals surface area contributed by atoms with Gasteiger partial charge in [-0.2, -0.15) is 0 Å². The summed E-state index contributed by atoms with van der Waals surface area (Å²) in [4.78, 5) is 11.9. The summed E-state index contributed by atoms with van der Waals surface area (Å²) < 4.78 is 15.9. The van der Waals surface area contributed by atoms with Gasteiger partial charge in [0.2, 0.25) is 6.29 Å². The highest BCUT2D eigenvalue weighted by Crippen LogP contribution is 2.28. The number of hydrogen-bond acceptors (Lipinski definition) is 4. The van der Waals surface area contributed by atoms with Gasteiger partial charge < -0.3 is 13.9 Å². The van der Waals surface area contributed by atoms with Crippen molar-refractivity contribution in [3.8, 4) is 5.75 Å². The van der Waals surface area contributed by atoms with Crippen LogP contribution in [0.4, 0.5) is 0 Å². The maximum Gasteiger partial charge on any atom is 0.283 e. The molecule has 0 bridgehead atoms. The lowest BCUT2D eigenvalue weighted by atomic mass is 10.1. The summed E-state index contributed by atoms with van der Waals surface area (Å²) in [6, 6.07) is 7.65. The van der Waals surface area contributed by atoms with Crippen molar-refractivity contribution in [2.45, 2.75) is 45.1 Å². The van der Waals surface area contributed by atoms with E-state index >= 15 is 0 Å². The Morgan fingerprint density at radius 1 is 1.14 bits per heavy atom. The summed E-state index contributed by atoms with van der Waals surface area (Å²) in [5.74, 6) is 0.760. The predicted molar refractivity (Wildman–Crippen MR) is 84.9 cm³/mol. The van der Waals surface area contributed by atoms with Crippen molar-refractivity contribution in [3.63, 3.8) is 0 Å². The van der Waals surface area contributed by atoms with Gasteiger partial charge in [-0.1, -0.05) is 32.9 Å². The van der Waals surface area contributed by atoms with Crippen LogP contribution in [-0.4, -0.2) is 35.3 Å². The van der Waals surface area contributed by atoms with Crippen LogP contribution in [-0.2, 0) is 20.7 Å². The molecule has 1 aromatic rings. The molecular weight excluding hydrogens is 284 g/mol. The summed E-state index contributed by atoms with van der Waals surface area (Å²) in [5, 5.41) is 0.184. The van der Waals surface area contributed by atoms with Crippen molar-refractivity contribution >= 4 is 14.8 Å². The zero-order chi connectivity index (χ0) is 16.0. The third-order valence-electron chi connectivity index (χ3n) is 3.32.